The van der Waals surface area contributed by atoms with E-state index in [1.807, 2.05) is 0 Å². The van der Waals surface area contributed by atoms with Crippen LogP contribution in [0.1, 0.15) is 93.7 Å². The zero-order valence-corrected chi connectivity index (χ0v) is 38.3. The fourth-order valence-electron chi connectivity index (χ4n) is 6.07. The minimum Gasteiger partial charge on any atom is -0.494 e. The Hall–Kier alpha value is -6.90. The molecule has 0 aliphatic rings. The normalized spacial score (nSPS) is 10.5. The number of ether oxygens (including phenoxy) is 9. The van der Waals surface area contributed by atoms with Crippen molar-refractivity contribution in [1.82, 2.24) is 0 Å². The quantitative estimate of drug-likeness (QED) is 0.0251. The lowest BCUT2D eigenvalue weighted by Crippen LogP contribution is -2.30. The van der Waals surface area contributed by atoms with Crippen LogP contribution < -0.4 is 14.2 Å². The minimum absolute atomic E-state index is 0.104. The van der Waals surface area contributed by atoms with Crippen LogP contribution in [0.4, 0.5) is 0 Å². The van der Waals surface area contributed by atoms with Gasteiger partial charge in [-0.05, 0) is 111 Å². The molecule has 0 N–H and O–H groups in total. The number of unbranched alkanes of at least 4 members (excludes halogenated alkanes) is 6. The van der Waals surface area contributed by atoms with Crippen molar-refractivity contribution in [2.75, 3.05) is 54.4 Å². The molecule has 0 spiro atoms. The maximum Gasteiger partial charge on any atom is 0.337 e. The van der Waals surface area contributed by atoms with Crippen molar-refractivity contribution in [2.24, 2.45) is 0 Å². The van der Waals surface area contributed by atoms with E-state index in [1.54, 1.807) is 72.8 Å². The van der Waals surface area contributed by atoms with Gasteiger partial charge in [-0.15, -0.1) is 0 Å². The minimum atomic E-state index is -0.985. The van der Waals surface area contributed by atoms with Gasteiger partial charge in [0.1, 0.15) is 30.5 Å². The van der Waals surface area contributed by atoms with E-state index in [0.717, 1.165) is 0 Å². The predicted octanol–water partition coefficient (Wildman–Crippen LogP) is 8.46. The fraction of sp³-hybridized carbons (Fsp3) is 0.412. The molecule has 0 heterocycles. The van der Waals surface area contributed by atoms with Gasteiger partial charge in [-0.1, -0.05) is 56.1 Å². The van der Waals surface area contributed by atoms with Crippen molar-refractivity contribution in [3.8, 4) is 17.2 Å². The van der Waals surface area contributed by atoms with E-state index in [0.29, 0.717) is 112 Å². The maximum absolute atomic E-state index is 12.8. The second-order valence-corrected chi connectivity index (χ2v) is 14.9. The molecule has 3 rings (SSSR count). The number of carbonyl (C=O) groups is 6. The lowest BCUT2D eigenvalue weighted by molar-refractivity contribution is -0.167. The molecule has 3 aromatic rings. The van der Waals surface area contributed by atoms with E-state index in [-0.39, 0.29) is 49.2 Å². The molecule has 66 heavy (non-hydrogen) atoms. The summed E-state index contributed by atoms with van der Waals surface area (Å²) in [6.45, 7) is 11.9. The smallest absolute Gasteiger partial charge is 0.337 e. The van der Waals surface area contributed by atoms with Gasteiger partial charge >= 0.3 is 35.8 Å². The van der Waals surface area contributed by atoms with E-state index >= 15 is 0 Å². The fourth-order valence-corrected chi connectivity index (χ4v) is 6.07. The van der Waals surface area contributed by atoms with E-state index < -0.39 is 41.9 Å². The van der Waals surface area contributed by atoms with Crippen molar-refractivity contribution in [3.05, 3.63) is 109 Å². The van der Waals surface area contributed by atoms with Crippen LogP contribution in [0.5, 0.6) is 17.2 Å². The molecule has 0 aromatic heterocycles. The lowest BCUT2D eigenvalue weighted by atomic mass is 10.1. The summed E-state index contributed by atoms with van der Waals surface area (Å²) in [5.41, 5.74) is 2.65. The summed E-state index contributed by atoms with van der Waals surface area (Å²) in [6, 6.07) is 20.8. The molecule has 0 bridgehead atoms. The van der Waals surface area contributed by atoms with Gasteiger partial charge in [-0.2, -0.15) is 0 Å². The Morgan fingerprint density at radius 3 is 0.985 bits per heavy atom. The maximum atomic E-state index is 12.8. The van der Waals surface area contributed by atoms with Crippen molar-refractivity contribution in [1.29, 1.82) is 0 Å². The van der Waals surface area contributed by atoms with Gasteiger partial charge in [0.15, 0.2) is 6.10 Å². The Kier molecular flexibility index (Phi) is 24.5. The third-order valence-electron chi connectivity index (χ3n) is 9.94. The highest BCUT2D eigenvalue weighted by Crippen LogP contribution is 2.22. The standard InChI is InChI=1S/C51H62O15/c1-36(49(55)58-4)39-19-25-42(26-20-39)61-31-13-7-10-16-46(52)64-34-45(66-48(54)18-12-9-15-33-63-44-29-23-41(24-30-44)38(3)51(57)60-6)35-65-47(53)17-11-8-14-32-62-43-27-21-40(22-28-43)37(2)50(56)59-5/h19-30,45H,1-3,7-18,31-35H2,4-6H3. The zero-order valence-electron chi connectivity index (χ0n) is 38.3. The lowest BCUT2D eigenvalue weighted by Gasteiger charge is -2.18. The Morgan fingerprint density at radius 1 is 0.409 bits per heavy atom. The van der Waals surface area contributed by atoms with Crippen molar-refractivity contribution < 1.29 is 71.4 Å². The Morgan fingerprint density at radius 2 is 0.697 bits per heavy atom. The van der Waals surface area contributed by atoms with Gasteiger partial charge in [0.25, 0.3) is 0 Å². The summed E-state index contributed by atoms with van der Waals surface area (Å²) in [6.07, 6.45) is 5.12. The van der Waals surface area contributed by atoms with Crippen molar-refractivity contribution in [2.45, 2.75) is 83.2 Å². The van der Waals surface area contributed by atoms with E-state index in [2.05, 4.69) is 19.7 Å². The van der Waals surface area contributed by atoms with Crippen molar-refractivity contribution >= 4 is 52.5 Å². The van der Waals surface area contributed by atoms with E-state index in [1.165, 1.54) is 21.3 Å². The van der Waals surface area contributed by atoms with Gasteiger partial charge in [0.05, 0.1) is 57.9 Å². The van der Waals surface area contributed by atoms with Crippen molar-refractivity contribution in [3.63, 3.8) is 0 Å². The molecule has 0 saturated heterocycles. The second-order valence-electron chi connectivity index (χ2n) is 14.9. The van der Waals surface area contributed by atoms with E-state index in [9.17, 15) is 28.8 Å². The van der Waals surface area contributed by atoms with Gasteiger partial charge in [-0.25, -0.2) is 14.4 Å². The highest BCUT2D eigenvalue weighted by molar-refractivity contribution is 6.16. The Bertz CT molecular complexity index is 1950. The Labute approximate surface area is 387 Å². The van der Waals surface area contributed by atoms with Gasteiger partial charge in [-0.3, -0.25) is 14.4 Å². The van der Waals surface area contributed by atoms with Crippen LogP contribution >= 0.6 is 0 Å². The van der Waals surface area contributed by atoms with Gasteiger partial charge < -0.3 is 42.6 Å². The summed E-state index contributed by atoms with van der Waals surface area (Å²) in [4.78, 5) is 73.2. The monoisotopic (exact) mass is 914 g/mol. The molecule has 15 heteroatoms. The first kappa shape index (κ1) is 53.4. The molecule has 0 fully saturated rings. The van der Waals surface area contributed by atoms with Crippen LogP contribution in [-0.2, 0) is 57.2 Å². The molecule has 0 unspecified atom stereocenters. The summed E-state index contributed by atoms with van der Waals surface area (Å²) >= 11 is 0. The molecule has 3 aromatic carbocycles. The molecule has 356 valence electrons. The summed E-state index contributed by atoms with van der Waals surface area (Å²) < 4.78 is 47.9. The summed E-state index contributed by atoms with van der Waals surface area (Å²) in [7, 11) is 3.89. The molecule has 0 aliphatic heterocycles. The molecular weight excluding hydrogens is 853 g/mol. The molecule has 0 atom stereocenters. The third-order valence-corrected chi connectivity index (χ3v) is 9.94. The van der Waals surface area contributed by atoms with Crippen LogP contribution in [0.25, 0.3) is 16.7 Å². The highest BCUT2D eigenvalue weighted by atomic mass is 16.6. The SMILES string of the molecule is C=C(C(=O)OC)c1ccc(OCCCCCC(=O)OCC(COC(=O)CCCCCOc2ccc(C(=C)C(=O)OC)cc2)OC(=O)CCCCCOc2ccc(C(=C)C(=O)OC)cc2)cc1. The first-order chi connectivity index (χ1) is 31.8. The van der Waals surface area contributed by atoms with Crippen LogP contribution in [0.15, 0.2) is 92.5 Å². The average molecular weight is 915 g/mol. The molecule has 0 amide bonds. The van der Waals surface area contributed by atoms with Crippen LogP contribution in [0.3, 0.4) is 0 Å². The summed E-state index contributed by atoms with van der Waals surface area (Å²) in [5.74, 6) is -1.09. The number of rotatable bonds is 32. The first-order valence-corrected chi connectivity index (χ1v) is 21.9. The molecule has 0 radical (unpaired) electrons. The molecule has 0 aliphatic carbocycles. The number of benzene rings is 3. The predicted molar refractivity (Wildman–Crippen MR) is 246 cm³/mol. The van der Waals surface area contributed by atoms with Crippen LogP contribution in [-0.4, -0.2) is 96.3 Å². The number of methoxy groups -OCH3 is 3. The van der Waals surface area contributed by atoms with Gasteiger partial charge in [0, 0.05) is 19.3 Å². The zero-order chi connectivity index (χ0) is 48.1. The number of hydrogen-bond donors (Lipinski definition) is 0. The number of hydrogen-bond acceptors (Lipinski definition) is 15. The number of esters is 6. The van der Waals surface area contributed by atoms with E-state index in [4.69, 9.17) is 42.6 Å². The largest absolute Gasteiger partial charge is 0.494 e. The molecular formula is C51H62O15. The van der Waals surface area contributed by atoms with Gasteiger partial charge in [0.2, 0.25) is 0 Å². The second kappa shape index (κ2) is 30.3. The highest BCUT2D eigenvalue weighted by Gasteiger charge is 2.20. The third kappa shape index (κ3) is 20.3. The Balaban J connectivity index is 1.38. The molecule has 15 nitrogen and oxygen atoms in total. The molecule has 0 saturated carbocycles. The summed E-state index contributed by atoms with van der Waals surface area (Å²) in [5, 5.41) is 0. The first-order valence-electron chi connectivity index (χ1n) is 21.9. The van der Waals surface area contributed by atoms with Crippen LogP contribution in [0, 0.1) is 0 Å². The van der Waals surface area contributed by atoms with Crippen LogP contribution in [0.2, 0.25) is 0 Å². The number of carbonyl (C=O) groups excluding carboxylic acids is 6. The topological polar surface area (TPSA) is 185 Å². The average Bonchev–Trinajstić information content (AvgIpc) is 3.34.